The molecule has 8 nitrogen and oxygen atoms in total. The second-order valence-corrected chi connectivity index (χ2v) is 9.38. The maximum atomic E-state index is 13.1. The Morgan fingerprint density at radius 3 is 2.70 bits per heavy atom. The summed E-state index contributed by atoms with van der Waals surface area (Å²) in [5.41, 5.74) is 1.40. The first-order valence-corrected chi connectivity index (χ1v) is 11.5. The van der Waals surface area contributed by atoms with Crippen LogP contribution in [0.25, 0.3) is 11.2 Å². The number of aryl methyl sites for hydroxylation is 1. The number of nitrogens with one attached hydrogen (secondary N) is 1. The number of carbonyl (C=O) groups excluding carboxylic acids is 1. The van der Waals surface area contributed by atoms with Gasteiger partial charge < -0.3 is 14.6 Å². The molecule has 1 N–H and O–H groups in total. The highest BCUT2D eigenvalue weighted by atomic mass is 32.2. The van der Waals surface area contributed by atoms with Gasteiger partial charge in [-0.25, -0.2) is 13.4 Å². The molecule has 2 aromatic heterocycles. The lowest BCUT2D eigenvalue weighted by atomic mass is 10.1. The SMILES string of the molecule is Cn1cnc2cc(C(=O)NC(C=CS(C)(=O)=O)C3CC3)c(Oc3ccccc3)nc21. The van der Waals surface area contributed by atoms with Gasteiger partial charge in [0.1, 0.15) is 16.8 Å². The van der Waals surface area contributed by atoms with Crippen molar-refractivity contribution < 1.29 is 17.9 Å². The Hall–Kier alpha value is -3.20. The molecule has 0 bridgehead atoms. The van der Waals surface area contributed by atoms with Gasteiger partial charge in [0, 0.05) is 18.7 Å². The summed E-state index contributed by atoms with van der Waals surface area (Å²) in [5.74, 6) is 0.542. The Bertz CT molecular complexity index is 1210. The zero-order valence-electron chi connectivity index (χ0n) is 16.6. The Balaban J connectivity index is 1.68. The zero-order valence-corrected chi connectivity index (χ0v) is 17.5. The van der Waals surface area contributed by atoms with E-state index in [9.17, 15) is 13.2 Å². The van der Waals surface area contributed by atoms with Crippen LogP contribution >= 0.6 is 0 Å². The van der Waals surface area contributed by atoms with Gasteiger partial charge in [0.15, 0.2) is 15.5 Å². The van der Waals surface area contributed by atoms with Crippen LogP contribution in [0.15, 0.2) is 54.2 Å². The van der Waals surface area contributed by atoms with E-state index >= 15 is 0 Å². The van der Waals surface area contributed by atoms with Crippen molar-refractivity contribution in [1.82, 2.24) is 19.9 Å². The minimum absolute atomic E-state index is 0.163. The number of imidazole rings is 1. The number of amides is 1. The zero-order chi connectivity index (χ0) is 21.3. The van der Waals surface area contributed by atoms with Crippen LogP contribution in [-0.4, -0.2) is 41.2 Å². The third-order valence-corrected chi connectivity index (χ3v) is 5.47. The van der Waals surface area contributed by atoms with E-state index in [0.29, 0.717) is 16.9 Å². The van der Waals surface area contributed by atoms with Crippen LogP contribution in [0.4, 0.5) is 0 Å². The first-order valence-electron chi connectivity index (χ1n) is 9.54. The monoisotopic (exact) mass is 426 g/mol. The minimum atomic E-state index is -3.28. The fraction of sp³-hybridized carbons (Fsp3) is 0.286. The summed E-state index contributed by atoms with van der Waals surface area (Å²) in [4.78, 5) is 21.9. The van der Waals surface area contributed by atoms with Crippen molar-refractivity contribution in [2.45, 2.75) is 18.9 Å². The number of rotatable bonds is 7. The number of nitrogens with zero attached hydrogens (tertiary/aromatic N) is 3. The van der Waals surface area contributed by atoms with Crippen LogP contribution in [0.5, 0.6) is 11.6 Å². The molecule has 4 rings (SSSR count). The molecule has 0 radical (unpaired) electrons. The standard InChI is InChI=1S/C21H22N4O4S/c1-25-13-22-18-12-16(21(24-19(18)25)29-15-6-4-3-5-7-15)20(26)23-17(14-8-9-14)10-11-30(2,27)28/h3-7,10-14,17H,8-9H2,1-2H3,(H,23,26). The molecule has 1 fully saturated rings. The first kappa shape index (κ1) is 20.1. The third-order valence-electron chi connectivity index (χ3n) is 4.82. The number of benzene rings is 1. The van der Waals surface area contributed by atoms with Crippen molar-refractivity contribution in [2.75, 3.05) is 6.26 Å². The molecule has 0 saturated heterocycles. The van der Waals surface area contributed by atoms with E-state index in [2.05, 4.69) is 15.3 Å². The Kier molecular flexibility index (Phi) is 5.29. The second kappa shape index (κ2) is 7.91. The van der Waals surface area contributed by atoms with Crippen LogP contribution in [0.2, 0.25) is 0 Å². The number of hydrogen-bond acceptors (Lipinski definition) is 6. The van der Waals surface area contributed by atoms with Crippen molar-refractivity contribution in [3.8, 4) is 11.6 Å². The molecule has 2 heterocycles. The number of ether oxygens (including phenoxy) is 1. The third kappa shape index (κ3) is 4.68. The van der Waals surface area contributed by atoms with Crippen LogP contribution in [0, 0.1) is 5.92 Å². The minimum Gasteiger partial charge on any atom is -0.438 e. The summed E-state index contributed by atoms with van der Waals surface area (Å²) < 4.78 is 30.7. The summed E-state index contributed by atoms with van der Waals surface area (Å²) in [7, 11) is -1.47. The van der Waals surface area contributed by atoms with Gasteiger partial charge in [-0.05, 0) is 37.0 Å². The Morgan fingerprint density at radius 1 is 1.30 bits per heavy atom. The molecule has 156 valence electrons. The molecule has 1 atom stereocenters. The van der Waals surface area contributed by atoms with Gasteiger partial charge >= 0.3 is 0 Å². The number of carbonyl (C=O) groups is 1. The summed E-state index contributed by atoms with van der Waals surface area (Å²) in [6.07, 6.45) is 6.15. The van der Waals surface area contributed by atoms with Crippen LogP contribution in [0.3, 0.4) is 0 Å². The predicted molar refractivity (Wildman–Crippen MR) is 113 cm³/mol. The normalized spacial score (nSPS) is 15.4. The molecule has 1 unspecified atom stereocenters. The molecule has 1 aliphatic rings. The molecule has 0 aliphatic heterocycles. The average Bonchev–Trinajstić information content (AvgIpc) is 3.49. The van der Waals surface area contributed by atoms with E-state index in [1.165, 1.54) is 6.08 Å². The molecular formula is C21H22N4O4S. The Labute approximate surface area is 174 Å². The second-order valence-electron chi connectivity index (χ2n) is 7.45. The summed E-state index contributed by atoms with van der Waals surface area (Å²) in [6, 6.07) is 10.3. The summed E-state index contributed by atoms with van der Waals surface area (Å²) in [5, 5.41) is 4.06. The largest absolute Gasteiger partial charge is 0.438 e. The van der Waals surface area contributed by atoms with Gasteiger partial charge in [0.25, 0.3) is 5.91 Å². The topological polar surface area (TPSA) is 103 Å². The molecule has 30 heavy (non-hydrogen) atoms. The van der Waals surface area contributed by atoms with Crippen molar-refractivity contribution in [3.63, 3.8) is 0 Å². The van der Waals surface area contributed by atoms with E-state index in [1.807, 2.05) is 25.2 Å². The maximum absolute atomic E-state index is 13.1. The highest BCUT2D eigenvalue weighted by Gasteiger charge is 2.32. The van der Waals surface area contributed by atoms with E-state index < -0.39 is 15.7 Å². The highest BCUT2D eigenvalue weighted by Crippen LogP contribution is 2.34. The van der Waals surface area contributed by atoms with Crippen molar-refractivity contribution in [1.29, 1.82) is 0 Å². The molecule has 1 aromatic carbocycles. The number of aromatic nitrogens is 3. The molecule has 1 amide bonds. The van der Waals surface area contributed by atoms with E-state index in [0.717, 1.165) is 24.5 Å². The molecular weight excluding hydrogens is 404 g/mol. The predicted octanol–water partition coefficient (Wildman–Crippen LogP) is 2.83. The fourth-order valence-corrected chi connectivity index (χ4v) is 3.57. The lowest BCUT2D eigenvalue weighted by Crippen LogP contribution is -2.35. The van der Waals surface area contributed by atoms with Crippen molar-refractivity contribution in [2.24, 2.45) is 13.0 Å². The van der Waals surface area contributed by atoms with Crippen LogP contribution < -0.4 is 10.1 Å². The number of fused-ring (bicyclic) bond motifs is 1. The lowest BCUT2D eigenvalue weighted by Gasteiger charge is -2.16. The number of hydrogen-bond donors (Lipinski definition) is 1. The maximum Gasteiger partial charge on any atom is 0.257 e. The van der Waals surface area contributed by atoms with Gasteiger partial charge in [-0.3, -0.25) is 4.79 Å². The lowest BCUT2D eigenvalue weighted by molar-refractivity contribution is 0.0938. The quantitative estimate of drug-likeness (QED) is 0.623. The highest BCUT2D eigenvalue weighted by molar-refractivity contribution is 7.93. The number of pyridine rings is 1. The molecule has 1 aliphatic carbocycles. The smallest absolute Gasteiger partial charge is 0.257 e. The van der Waals surface area contributed by atoms with Crippen molar-refractivity contribution >= 4 is 26.9 Å². The van der Waals surface area contributed by atoms with E-state index in [-0.39, 0.29) is 23.4 Å². The van der Waals surface area contributed by atoms with Crippen LogP contribution in [0.1, 0.15) is 23.2 Å². The molecule has 9 heteroatoms. The molecule has 1 saturated carbocycles. The fourth-order valence-electron chi connectivity index (χ4n) is 3.11. The Morgan fingerprint density at radius 2 is 2.03 bits per heavy atom. The van der Waals surface area contributed by atoms with Gasteiger partial charge in [-0.1, -0.05) is 24.3 Å². The van der Waals surface area contributed by atoms with Gasteiger partial charge in [-0.2, -0.15) is 4.98 Å². The van der Waals surface area contributed by atoms with Gasteiger partial charge in [0.05, 0.1) is 12.4 Å². The van der Waals surface area contributed by atoms with Crippen molar-refractivity contribution in [3.05, 3.63) is 59.8 Å². The molecule has 3 aromatic rings. The number of para-hydroxylation sites is 1. The van der Waals surface area contributed by atoms with Gasteiger partial charge in [-0.15, -0.1) is 0 Å². The summed E-state index contributed by atoms with van der Waals surface area (Å²) in [6.45, 7) is 0. The average molecular weight is 426 g/mol. The van der Waals surface area contributed by atoms with E-state index in [4.69, 9.17) is 4.74 Å². The number of sulfone groups is 1. The van der Waals surface area contributed by atoms with Gasteiger partial charge in [0.2, 0.25) is 5.88 Å². The molecule has 0 spiro atoms. The van der Waals surface area contributed by atoms with E-state index in [1.54, 1.807) is 29.1 Å². The first-order chi connectivity index (χ1) is 14.3. The summed E-state index contributed by atoms with van der Waals surface area (Å²) >= 11 is 0. The van der Waals surface area contributed by atoms with Crippen LogP contribution in [-0.2, 0) is 16.9 Å².